The van der Waals surface area contributed by atoms with Crippen molar-refractivity contribution in [2.24, 2.45) is 11.8 Å². The molecule has 1 rings (SSSR count). The van der Waals surface area contributed by atoms with Gasteiger partial charge in [-0.3, -0.25) is 4.79 Å². The third-order valence-corrected chi connectivity index (χ3v) is 2.59. The molecular formula is C9H15O2. The van der Waals surface area contributed by atoms with E-state index in [-0.39, 0.29) is 5.92 Å². The molecule has 0 heterocycles. The van der Waals surface area contributed by atoms with Crippen LogP contribution in [0.15, 0.2) is 0 Å². The van der Waals surface area contributed by atoms with Gasteiger partial charge in [0.25, 0.3) is 0 Å². The summed E-state index contributed by atoms with van der Waals surface area (Å²) in [6.07, 6.45) is 6.05. The number of hydrogen-bond acceptors (Lipinski definition) is 1. The van der Waals surface area contributed by atoms with Crippen molar-refractivity contribution < 1.29 is 9.90 Å². The van der Waals surface area contributed by atoms with Gasteiger partial charge in [-0.15, -0.1) is 0 Å². The van der Waals surface area contributed by atoms with Crippen molar-refractivity contribution in [3.8, 4) is 0 Å². The van der Waals surface area contributed by atoms with Gasteiger partial charge in [-0.25, -0.2) is 0 Å². The van der Waals surface area contributed by atoms with Crippen molar-refractivity contribution in [3.63, 3.8) is 0 Å². The SMILES string of the molecule is C[CH][C@H]1CC[C@@H](C(=O)O)CC1. The Balaban J connectivity index is 2.30. The molecule has 0 unspecified atom stereocenters. The fourth-order valence-electron chi connectivity index (χ4n) is 1.70. The van der Waals surface area contributed by atoms with Crippen LogP contribution in [0.5, 0.6) is 0 Å². The summed E-state index contributed by atoms with van der Waals surface area (Å²) < 4.78 is 0. The van der Waals surface area contributed by atoms with Crippen LogP contribution in [0.1, 0.15) is 32.6 Å². The Kier molecular flexibility index (Phi) is 2.92. The zero-order chi connectivity index (χ0) is 8.27. The van der Waals surface area contributed by atoms with Crippen LogP contribution in [0.3, 0.4) is 0 Å². The number of rotatable bonds is 2. The Morgan fingerprint density at radius 2 is 1.91 bits per heavy atom. The van der Waals surface area contributed by atoms with Crippen LogP contribution in [0.2, 0.25) is 0 Å². The predicted molar refractivity (Wildman–Crippen MR) is 43.1 cm³/mol. The quantitative estimate of drug-likeness (QED) is 0.663. The molecule has 11 heavy (non-hydrogen) atoms. The molecule has 63 valence electrons. The largest absolute Gasteiger partial charge is 0.481 e. The molecule has 0 aromatic rings. The fourth-order valence-corrected chi connectivity index (χ4v) is 1.70. The maximum absolute atomic E-state index is 10.5. The molecule has 1 aliphatic rings. The number of carboxylic acid groups (broad SMARTS) is 1. The average Bonchev–Trinajstić information content (AvgIpc) is 2.05. The summed E-state index contributed by atoms with van der Waals surface area (Å²) >= 11 is 0. The van der Waals surface area contributed by atoms with Gasteiger partial charge < -0.3 is 5.11 Å². The van der Waals surface area contributed by atoms with E-state index >= 15 is 0 Å². The van der Waals surface area contributed by atoms with Gasteiger partial charge in [0.2, 0.25) is 0 Å². The highest BCUT2D eigenvalue weighted by atomic mass is 16.4. The molecule has 0 spiro atoms. The molecule has 1 radical (unpaired) electrons. The predicted octanol–water partition coefficient (Wildman–Crippen LogP) is 2.10. The summed E-state index contributed by atoms with van der Waals surface area (Å²) in [6.45, 7) is 2.06. The summed E-state index contributed by atoms with van der Waals surface area (Å²) in [6, 6.07) is 0. The van der Waals surface area contributed by atoms with Crippen LogP contribution in [0, 0.1) is 18.3 Å². The Labute approximate surface area is 67.6 Å². The summed E-state index contributed by atoms with van der Waals surface area (Å²) in [4.78, 5) is 10.5. The van der Waals surface area contributed by atoms with Gasteiger partial charge in [0.05, 0.1) is 5.92 Å². The lowest BCUT2D eigenvalue weighted by Crippen LogP contribution is -2.21. The van der Waals surface area contributed by atoms with E-state index in [1.165, 1.54) is 0 Å². The van der Waals surface area contributed by atoms with Crippen molar-refractivity contribution in [3.05, 3.63) is 6.42 Å². The van der Waals surface area contributed by atoms with Gasteiger partial charge in [-0.1, -0.05) is 6.92 Å². The van der Waals surface area contributed by atoms with Crippen LogP contribution in [-0.4, -0.2) is 11.1 Å². The van der Waals surface area contributed by atoms with Crippen molar-refractivity contribution in [1.82, 2.24) is 0 Å². The molecule has 0 atom stereocenters. The highest BCUT2D eigenvalue weighted by Crippen LogP contribution is 2.29. The summed E-state index contributed by atoms with van der Waals surface area (Å²) in [5.74, 6) is -0.00338. The molecule has 2 heteroatoms. The lowest BCUT2D eigenvalue weighted by Gasteiger charge is -2.24. The van der Waals surface area contributed by atoms with E-state index in [0.29, 0.717) is 5.92 Å². The van der Waals surface area contributed by atoms with Crippen LogP contribution < -0.4 is 0 Å². The minimum atomic E-state index is -0.612. The molecular weight excluding hydrogens is 140 g/mol. The molecule has 2 nitrogen and oxygen atoms in total. The highest BCUT2D eigenvalue weighted by molar-refractivity contribution is 5.69. The van der Waals surface area contributed by atoms with Gasteiger partial charge in [0, 0.05) is 0 Å². The van der Waals surface area contributed by atoms with Gasteiger partial charge in [0.1, 0.15) is 0 Å². The van der Waals surface area contributed by atoms with Gasteiger partial charge in [-0.2, -0.15) is 0 Å². The molecule has 1 aliphatic carbocycles. The van der Waals surface area contributed by atoms with Crippen LogP contribution in [0.25, 0.3) is 0 Å². The molecule has 0 aromatic heterocycles. The second kappa shape index (κ2) is 3.74. The first kappa shape index (κ1) is 8.57. The first-order valence-corrected chi connectivity index (χ1v) is 4.26. The smallest absolute Gasteiger partial charge is 0.306 e. The first-order chi connectivity index (χ1) is 5.24. The summed E-state index contributed by atoms with van der Waals surface area (Å²) in [5.41, 5.74) is 0. The monoisotopic (exact) mass is 155 g/mol. The van der Waals surface area contributed by atoms with Crippen LogP contribution >= 0.6 is 0 Å². The third kappa shape index (κ3) is 2.21. The Morgan fingerprint density at radius 1 is 1.36 bits per heavy atom. The third-order valence-electron chi connectivity index (χ3n) is 2.59. The second-order valence-electron chi connectivity index (χ2n) is 3.28. The Hall–Kier alpha value is -0.530. The van der Waals surface area contributed by atoms with Crippen molar-refractivity contribution >= 4 is 5.97 Å². The van der Waals surface area contributed by atoms with E-state index in [9.17, 15) is 4.79 Å². The lowest BCUT2D eigenvalue weighted by atomic mass is 9.81. The van der Waals surface area contributed by atoms with Gasteiger partial charge in [-0.05, 0) is 38.0 Å². The lowest BCUT2D eigenvalue weighted by molar-refractivity contribution is -0.143. The van der Waals surface area contributed by atoms with E-state index in [1.807, 2.05) is 0 Å². The van der Waals surface area contributed by atoms with Crippen LogP contribution in [-0.2, 0) is 4.79 Å². The van der Waals surface area contributed by atoms with E-state index in [2.05, 4.69) is 13.3 Å². The molecule has 0 bridgehead atoms. The van der Waals surface area contributed by atoms with E-state index in [0.717, 1.165) is 25.7 Å². The molecule has 1 N–H and O–H groups in total. The van der Waals surface area contributed by atoms with E-state index < -0.39 is 5.97 Å². The summed E-state index contributed by atoms with van der Waals surface area (Å²) in [5, 5.41) is 8.69. The van der Waals surface area contributed by atoms with Crippen LogP contribution in [0.4, 0.5) is 0 Å². The van der Waals surface area contributed by atoms with Gasteiger partial charge in [0.15, 0.2) is 0 Å². The topological polar surface area (TPSA) is 37.3 Å². The van der Waals surface area contributed by atoms with E-state index in [1.54, 1.807) is 0 Å². The maximum atomic E-state index is 10.5. The zero-order valence-electron chi connectivity index (χ0n) is 6.92. The fraction of sp³-hybridized carbons (Fsp3) is 0.778. The van der Waals surface area contributed by atoms with E-state index in [4.69, 9.17) is 5.11 Å². The van der Waals surface area contributed by atoms with Crippen molar-refractivity contribution in [2.45, 2.75) is 32.6 Å². The highest BCUT2D eigenvalue weighted by Gasteiger charge is 2.24. The van der Waals surface area contributed by atoms with Crippen molar-refractivity contribution in [1.29, 1.82) is 0 Å². The Morgan fingerprint density at radius 3 is 2.27 bits per heavy atom. The number of aliphatic carboxylic acids is 1. The second-order valence-corrected chi connectivity index (χ2v) is 3.28. The number of carbonyl (C=O) groups is 1. The Bertz CT molecular complexity index is 134. The zero-order valence-corrected chi connectivity index (χ0v) is 6.92. The number of hydrogen-bond donors (Lipinski definition) is 1. The van der Waals surface area contributed by atoms with Gasteiger partial charge >= 0.3 is 5.97 Å². The molecule has 1 saturated carbocycles. The molecule has 0 saturated heterocycles. The molecule has 0 aromatic carbocycles. The molecule has 0 aliphatic heterocycles. The number of carboxylic acids is 1. The minimum Gasteiger partial charge on any atom is -0.481 e. The maximum Gasteiger partial charge on any atom is 0.306 e. The average molecular weight is 155 g/mol. The normalized spacial score (nSPS) is 31.7. The first-order valence-electron chi connectivity index (χ1n) is 4.26. The minimum absolute atomic E-state index is 0.0637. The molecule has 0 amide bonds. The molecule has 1 fully saturated rings. The standard InChI is InChI=1S/C9H15O2/c1-2-7-3-5-8(6-4-7)9(10)11/h2,7-8H,3-6H2,1H3,(H,10,11)/t7-,8+. The van der Waals surface area contributed by atoms with Crippen molar-refractivity contribution in [2.75, 3.05) is 0 Å². The summed E-state index contributed by atoms with van der Waals surface area (Å²) in [7, 11) is 0.